The normalized spacial score (nSPS) is 18.1. The summed E-state index contributed by atoms with van der Waals surface area (Å²) in [6.07, 6.45) is 5.99. The number of aryl methyl sites for hydroxylation is 1. The van der Waals surface area contributed by atoms with Gasteiger partial charge < -0.3 is 9.13 Å². The van der Waals surface area contributed by atoms with Crippen molar-refractivity contribution in [1.82, 2.24) is 29.2 Å². The number of imidazole rings is 1. The predicted molar refractivity (Wildman–Crippen MR) is 101 cm³/mol. The second kappa shape index (κ2) is 7.60. The molecule has 1 fully saturated rings. The van der Waals surface area contributed by atoms with Crippen LogP contribution >= 0.6 is 0 Å². The highest BCUT2D eigenvalue weighted by molar-refractivity contribution is 5.16. The quantitative estimate of drug-likeness (QED) is 0.695. The van der Waals surface area contributed by atoms with E-state index in [0.717, 1.165) is 55.5 Å². The lowest BCUT2D eigenvalue weighted by Gasteiger charge is -2.32. The van der Waals surface area contributed by atoms with Crippen LogP contribution in [0.1, 0.15) is 41.8 Å². The zero-order valence-corrected chi connectivity index (χ0v) is 15.8. The molecule has 0 spiro atoms. The van der Waals surface area contributed by atoms with Crippen LogP contribution in [0.2, 0.25) is 0 Å². The fraction of sp³-hybridized carbons (Fsp3) is 0.450. The number of benzene rings is 1. The third-order valence-electron chi connectivity index (χ3n) is 5.40. The van der Waals surface area contributed by atoms with Crippen LogP contribution in [0.4, 0.5) is 4.39 Å². The Morgan fingerprint density at radius 1 is 1.22 bits per heavy atom. The van der Waals surface area contributed by atoms with Gasteiger partial charge in [0.15, 0.2) is 5.82 Å². The van der Waals surface area contributed by atoms with E-state index in [0.29, 0.717) is 12.5 Å². The molecule has 0 bridgehead atoms. The Kier molecular flexibility index (Phi) is 5.03. The molecule has 1 saturated heterocycles. The first-order valence-electron chi connectivity index (χ1n) is 9.43. The van der Waals surface area contributed by atoms with Crippen molar-refractivity contribution in [3.63, 3.8) is 0 Å². The summed E-state index contributed by atoms with van der Waals surface area (Å²) in [7, 11) is 2.04. The van der Waals surface area contributed by atoms with Gasteiger partial charge in [-0.25, -0.2) is 9.37 Å². The zero-order chi connectivity index (χ0) is 18.8. The summed E-state index contributed by atoms with van der Waals surface area (Å²) in [5, 5.41) is 8.92. The number of hydrogen-bond acceptors (Lipinski definition) is 4. The molecule has 3 heterocycles. The Labute approximate surface area is 158 Å². The van der Waals surface area contributed by atoms with Crippen molar-refractivity contribution >= 4 is 0 Å². The number of halogens is 1. The minimum atomic E-state index is -0.172. The van der Waals surface area contributed by atoms with Crippen LogP contribution < -0.4 is 0 Å². The molecule has 0 saturated carbocycles. The second-order valence-electron chi connectivity index (χ2n) is 7.34. The van der Waals surface area contributed by atoms with Crippen molar-refractivity contribution in [2.45, 2.75) is 38.8 Å². The van der Waals surface area contributed by atoms with Crippen LogP contribution in [0.5, 0.6) is 0 Å². The van der Waals surface area contributed by atoms with E-state index >= 15 is 0 Å². The molecule has 27 heavy (non-hydrogen) atoms. The molecule has 3 aromatic rings. The van der Waals surface area contributed by atoms with Crippen LogP contribution in [0.25, 0.3) is 0 Å². The molecular weight excluding hydrogens is 343 g/mol. The predicted octanol–water partition coefficient (Wildman–Crippen LogP) is 2.89. The molecule has 6 nitrogen and oxygen atoms in total. The van der Waals surface area contributed by atoms with E-state index in [2.05, 4.69) is 29.2 Å². The molecule has 0 amide bonds. The number of rotatable bonds is 5. The molecule has 2 aromatic heterocycles. The molecule has 7 heteroatoms. The summed E-state index contributed by atoms with van der Waals surface area (Å²) in [6.45, 7) is 5.39. The van der Waals surface area contributed by atoms with Crippen molar-refractivity contribution in [3.05, 3.63) is 65.5 Å². The van der Waals surface area contributed by atoms with E-state index in [4.69, 9.17) is 0 Å². The van der Waals surface area contributed by atoms with E-state index < -0.39 is 0 Å². The zero-order valence-electron chi connectivity index (χ0n) is 15.8. The summed E-state index contributed by atoms with van der Waals surface area (Å²) in [4.78, 5) is 6.65. The number of nitrogens with zero attached hydrogens (tertiary/aromatic N) is 6. The summed E-state index contributed by atoms with van der Waals surface area (Å²) in [5.41, 5.74) is 1.02. The van der Waals surface area contributed by atoms with Crippen molar-refractivity contribution < 1.29 is 4.39 Å². The highest BCUT2D eigenvalue weighted by Gasteiger charge is 2.26. The van der Waals surface area contributed by atoms with Crippen molar-refractivity contribution in [2.24, 2.45) is 7.05 Å². The summed E-state index contributed by atoms with van der Waals surface area (Å²) in [6, 6.07) is 6.88. The van der Waals surface area contributed by atoms with Gasteiger partial charge in [0.05, 0.1) is 6.54 Å². The number of likely N-dealkylation sites (tertiary alicyclic amines) is 1. The fourth-order valence-corrected chi connectivity index (χ4v) is 3.90. The van der Waals surface area contributed by atoms with Gasteiger partial charge in [0.1, 0.15) is 17.5 Å². The monoisotopic (exact) mass is 368 g/mol. The van der Waals surface area contributed by atoms with Crippen molar-refractivity contribution in [3.8, 4) is 0 Å². The first kappa shape index (κ1) is 17.9. The SMILES string of the molecule is Cc1nccn1Cc1nnc(C2CCCN(Cc3cccc(F)c3)C2)n1C. The van der Waals surface area contributed by atoms with Crippen LogP contribution in [-0.2, 0) is 20.1 Å². The molecule has 4 rings (SSSR count). The van der Waals surface area contributed by atoms with Gasteiger partial charge in [0.25, 0.3) is 0 Å². The molecule has 1 aliphatic heterocycles. The Hall–Kier alpha value is -2.54. The molecular formula is C20H25FN6. The summed E-state index contributed by atoms with van der Waals surface area (Å²) >= 11 is 0. The largest absolute Gasteiger partial charge is 0.328 e. The number of aromatic nitrogens is 5. The summed E-state index contributed by atoms with van der Waals surface area (Å²) < 4.78 is 17.7. The van der Waals surface area contributed by atoms with Crippen LogP contribution in [-0.4, -0.2) is 42.3 Å². The Bertz CT molecular complexity index is 915. The topological polar surface area (TPSA) is 51.8 Å². The van der Waals surface area contributed by atoms with Crippen molar-refractivity contribution in [1.29, 1.82) is 0 Å². The maximum Gasteiger partial charge on any atom is 0.152 e. The molecule has 142 valence electrons. The lowest BCUT2D eigenvalue weighted by Crippen LogP contribution is -2.34. The lowest BCUT2D eigenvalue weighted by atomic mass is 9.96. The van der Waals surface area contributed by atoms with Gasteiger partial charge >= 0.3 is 0 Å². The van der Waals surface area contributed by atoms with E-state index in [1.54, 1.807) is 18.3 Å². The first-order chi connectivity index (χ1) is 13.1. The maximum absolute atomic E-state index is 13.5. The smallest absolute Gasteiger partial charge is 0.152 e. The molecule has 1 aromatic carbocycles. The third kappa shape index (κ3) is 3.93. The van der Waals surface area contributed by atoms with E-state index in [9.17, 15) is 4.39 Å². The van der Waals surface area contributed by atoms with E-state index in [-0.39, 0.29) is 5.82 Å². The highest BCUT2D eigenvalue weighted by Crippen LogP contribution is 2.27. The third-order valence-corrected chi connectivity index (χ3v) is 5.40. The molecule has 1 atom stereocenters. The van der Waals surface area contributed by atoms with Gasteiger partial charge in [-0.05, 0) is 44.0 Å². The number of piperidine rings is 1. The Morgan fingerprint density at radius 2 is 2.11 bits per heavy atom. The van der Waals surface area contributed by atoms with Gasteiger partial charge in [-0.1, -0.05) is 12.1 Å². The molecule has 0 aliphatic carbocycles. The molecule has 0 N–H and O–H groups in total. The van der Waals surface area contributed by atoms with Crippen LogP contribution in [0.3, 0.4) is 0 Å². The van der Waals surface area contributed by atoms with Gasteiger partial charge in [0.2, 0.25) is 0 Å². The minimum Gasteiger partial charge on any atom is -0.328 e. The molecule has 0 radical (unpaired) electrons. The maximum atomic E-state index is 13.5. The van der Waals surface area contributed by atoms with E-state index in [1.807, 2.05) is 26.2 Å². The second-order valence-corrected chi connectivity index (χ2v) is 7.34. The standard InChI is InChI=1S/C20H25FN6/c1-15-22-8-10-27(15)14-19-23-24-20(25(19)2)17-6-4-9-26(13-17)12-16-5-3-7-18(21)11-16/h3,5,7-8,10-11,17H,4,6,9,12-14H2,1-2H3. The molecule has 1 aliphatic rings. The Morgan fingerprint density at radius 3 is 2.89 bits per heavy atom. The van der Waals surface area contributed by atoms with Gasteiger partial charge in [-0.15, -0.1) is 10.2 Å². The summed E-state index contributed by atoms with van der Waals surface area (Å²) in [5.74, 6) is 3.12. The van der Waals surface area contributed by atoms with Crippen LogP contribution in [0.15, 0.2) is 36.7 Å². The Balaban J connectivity index is 1.46. The van der Waals surface area contributed by atoms with Crippen molar-refractivity contribution in [2.75, 3.05) is 13.1 Å². The van der Waals surface area contributed by atoms with Gasteiger partial charge in [-0.2, -0.15) is 0 Å². The minimum absolute atomic E-state index is 0.172. The van der Waals surface area contributed by atoms with E-state index in [1.165, 1.54) is 6.07 Å². The van der Waals surface area contributed by atoms with Gasteiger partial charge in [-0.3, -0.25) is 4.90 Å². The van der Waals surface area contributed by atoms with Gasteiger partial charge in [0, 0.05) is 38.4 Å². The lowest BCUT2D eigenvalue weighted by molar-refractivity contribution is 0.195. The highest BCUT2D eigenvalue weighted by atomic mass is 19.1. The average Bonchev–Trinajstić information content (AvgIpc) is 3.22. The molecule has 1 unspecified atom stereocenters. The number of hydrogen-bond donors (Lipinski definition) is 0. The fourth-order valence-electron chi connectivity index (χ4n) is 3.90. The first-order valence-corrected chi connectivity index (χ1v) is 9.43. The average molecular weight is 368 g/mol. The van der Waals surface area contributed by atoms with Crippen LogP contribution in [0, 0.1) is 12.7 Å².